The van der Waals surface area contributed by atoms with Crippen LogP contribution in [0.5, 0.6) is 0 Å². The van der Waals surface area contributed by atoms with Crippen molar-refractivity contribution in [2.24, 2.45) is 0 Å². The second-order valence-corrected chi connectivity index (χ2v) is 4.16. The first-order chi connectivity index (χ1) is 8.25. The molecule has 0 radical (unpaired) electrons. The zero-order valence-electron chi connectivity index (χ0n) is 9.26. The van der Waals surface area contributed by atoms with Gasteiger partial charge in [0.1, 0.15) is 5.52 Å². The Morgan fingerprint density at radius 2 is 2.29 bits per heavy atom. The highest BCUT2D eigenvalue weighted by atomic mass is 35.5. The van der Waals surface area contributed by atoms with Crippen LogP contribution >= 0.6 is 11.6 Å². The Bertz CT molecular complexity index is 550. The SMILES string of the molecule is Cc1nc2cnn(C3COCCO3)c2nc1Cl. The van der Waals surface area contributed by atoms with Crippen LogP contribution in [-0.2, 0) is 9.47 Å². The molecular weight excluding hydrogens is 244 g/mol. The predicted octanol–water partition coefficient (Wildman–Crippen LogP) is 1.33. The van der Waals surface area contributed by atoms with Crippen molar-refractivity contribution in [1.29, 1.82) is 0 Å². The van der Waals surface area contributed by atoms with E-state index in [4.69, 9.17) is 21.1 Å². The summed E-state index contributed by atoms with van der Waals surface area (Å²) in [6, 6.07) is 0. The van der Waals surface area contributed by atoms with Crippen LogP contribution in [0, 0.1) is 6.92 Å². The molecule has 0 saturated carbocycles. The van der Waals surface area contributed by atoms with Gasteiger partial charge in [0.2, 0.25) is 0 Å². The Labute approximate surface area is 103 Å². The minimum Gasteiger partial charge on any atom is -0.374 e. The maximum Gasteiger partial charge on any atom is 0.180 e. The Hall–Kier alpha value is -1.24. The smallest absolute Gasteiger partial charge is 0.180 e. The van der Waals surface area contributed by atoms with E-state index in [-0.39, 0.29) is 6.23 Å². The van der Waals surface area contributed by atoms with Crippen molar-refractivity contribution in [1.82, 2.24) is 19.7 Å². The van der Waals surface area contributed by atoms with Crippen LogP contribution < -0.4 is 0 Å². The molecule has 90 valence electrons. The summed E-state index contributed by atoms with van der Waals surface area (Å²) in [5.41, 5.74) is 2.02. The van der Waals surface area contributed by atoms with Crippen LogP contribution in [0.3, 0.4) is 0 Å². The first-order valence-electron chi connectivity index (χ1n) is 5.32. The Morgan fingerprint density at radius 1 is 1.41 bits per heavy atom. The molecule has 17 heavy (non-hydrogen) atoms. The van der Waals surface area contributed by atoms with Crippen molar-refractivity contribution >= 4 is 22.8 Å². The lowest BCUT2D eigenvalue weighted by atomic mass is 10.4. The molecule has 3 rings (SSSR count). The van der Waals surface area contributed by atoms with Gasteiger partial charge in [0, 0.05) is 0 Å². The number of halogens is 1. The molecule has 0 amide bonds. The highest BCUT2D eigenvalue weighted by Gasteiger charge is 2.20. The number of fused-ring (bicyclic) bond motifs is 1. The summed E-state index contributed by atoms with van der Waals surface area (Å²) >= 11 is 5.97. The molecule has 0 aromatic carbocycles. The summed E-state index contributed by atoms with van der Waals surface area (Å²) in [4.78, 5) is 8.59. The molecule has 6 nitrogen and oxygen atoms in total. The van der Waals surface area contributed by atoms with E-state index in [2.05, 4.69) is 15.1 Å². The Balaban J connectivity index is 2.07. The molecule has 7 heteroatoms. The van der Waals surface area contributed by atoms with Gasteiger partial charge in [-0.1, -0.05) is 11.6 Å². The van der Waals surface area contributed by atoms with Crippen LogP contribution in [0.4, 0.5) is 0 Å². The van der Waals surface area contributed by atoms with Gasteiger partial charge < -0.3 is 9.47 Å². The van der Waals surface area contributed by atoms with Gasteiger partial charge >= 0.3 is 0 Å². The van der Waals surface area contributed by atoms with E-state index in [0.717, 1.165) is 0 Å². The van der Waals surface area contributed by atoms with Gasteiger partial charge in [-0.15, -0.1) is 0 Å². The maximum atomic E-state index is 5.97. The van der Waals surface area contributed by atoms with Gasteiger partial charge in [0.25, 0.3) is 0 Å². The molecule has 0 spiro atoms. The predicted molar refractivity (Wildman–Crippen MR) is 60.9 cm³/mol. The average molecular weight is 255 g/mol. The van der Waals surface area contributed by atoms with Gasteiger partial charge in [-0.3, -0.25) is 0 Å². The number of rotatable bonds is 1. The first kappa shape index (κ1) is 10.9. The summed E-state index contributed by atoms with van der Waals surface area (Å²) in [6.45, 7) is 3.44. The molecule has 1 unspecified atom stereocenters. The molecule has 2 aromatic rings. The number of hydrogen-bond donors (Lipinski definition) is 0. The highest BCUT2D eigenvalue weighted by Crippen LogP contribution is 2.21. The largest absolute Gasteiger partial charge is 0.374 e. The van der Waals surface area contributed by atoms with Crippen molar-refractivity contribution in [3.63, 3.8) is 0 Å². The minimum atomic E-state index is -0.255. The molecule has 1 atom stereocenters. The third-order valence-electron chi connectivity index (χ3n) is 2.61. The number of hydrogen-bond acceptors (Lipinski definition) is 5. The molecule has 1 aliphatic rings. The summed E-state index contributed by atoms with van der Waals surface area (Å²) in [7, 11) is 0. The van der Waals surface area contributed by atoms with Gasteiger partial charge in [-0.2, -0.15) is 5.10 Å². The van der Waals surface area contributed by atoms with E-state index < -0.39 is 0 Å². The van der Waals surface area contributed by atoms with Crippen molar-refractivity contribution < 1.29 is 9.47 Å². The average Bonchev–Trinajstić information content (AvgIpc) is 2.74. The fourth-order valence-electron chi connectivity index (χ4n) is 1.76. The van der Waals surface area contributed by atoms with Gasteiger partial charge in [-0.25, -0.2) is 14.6 Å². The molecule has 0 bridgehead atoms. The van der Waals surface area contributed by atoms with Gasteiger partial charge in [0.05, 0.1) is 31.7 Å². The van der Waals surface area contributed by atoms with E-state index in [1.807, 2.05) is 6.92 Å². The normalized spacial score (nSPS) is 20.9. The van der Waals surface area contributed by atoms with Crippen molar-refractivity contribution in [3.05, 3.63) is 17.0 Å². The van der Waals surface area contributed by atoms with Crippen LogP contribution in [0.15, 0.2) is 6.20 Å². The second-order valence-electron chi connectivity index (χ2n) is 3.80. The zero-order chi connectivity index (χ0) is 11.8. The Kier molecular flexibility index (Phi) is 2.70. The summed E-state index contributed by atoms with van der Waals surface area (Å²) < 4.78 is 12.6. The Morgan fingerprint density at radius 3 is 3.06 bits per heavy atom. The molecular formula is C10H11ClN4O2. The van der Waals surface area contributed by atoms with Gasteiger partial charge in [-0.05, 0) is 6.92 Å². The standard InChI is InChI=1S/C10H11ClN4O2/c1-6-9(11)14-10-7(13-6)4-12-15(10)8-5-16-2-3-17-8/h4,8H,2-3,5H2,1H3. The highest BCUT2D eigenvalue weighted by molar-refractivity contribution is 6.30. The molecule has 0 N–H and O–H groups in total. The topological polar surface area (TPSA) is 62.1 Å². The lowest BCUT2D eigenvalue weighted by molar-refractivity contribution is -0.125. The maximum absolute atomic E-state index is 5.97. The van der Waals surface area contributed by atoms with Gasteiger partial charge in [0.15, 0.2) is 17.0 Å². The lowest BCUT2D eigenvalue weighted by Gasteiger charge is -2.23. The van der Waals surface area contributed by atoms with Crippen LogP contribution in [0.1, 0.15) is 11.9 Å². The summed E-state index contributed by atoms with van der Waals surface area (Å²) in [5, 5.41) is 4.61. The third kappa shape index (κ3) is 1.88. The zero-order valence-corrected chi connectivity index (χ0v) is 10.0. The molecule has 0 aliphatic carbocycles. The van der Waals surface area contributed by atoms with Crippen molar-refractivity contribution in [2.75, 3.05) is 19.8 Å². The van der Waals surface area contributed by atoms with E-state index in [1.54, 1.807) is 10.9 Å². The second kappa shape index (κ2) is 4.21. The fourth-order valence-corrected chi connectivity index (χ4v) is 1.88. The number of aromatic nitrogens is 4. The quantitative estimate of drug-likeness (QED) is 0.768. The van der Waals surface area contributed by atoms with E-state index in [1.165, 1.54) is 0 Å². The molecule has 3 heterocycles. The third-order valence-corrected chi connectivity index (χ3v) is 2.97. The van der Waals surface area contributed by atoms with Crippen LogP contribution in [-0.4, -0.2) is 39.6 Å². The molecule has 2 aromatic heterocycles. The van der Waals surface area contributed by atoms with Crippen LogP contribution in [0.25, 0.3) is 11.2 Å². The molecule has 1 aliphatic heterocycles. The van der Waals surface area contributed by atoms with E-state index in [9.17, 15) is 0 Å². The van der Waals surface area contributed by atoms with Crippen LogP contribution in [0.2, 0.25) is 5.15 Å². The number of aryl methyl sites for hydroxylation is 1. The molecule has 1 saturated heterocycles. The number of ether oxygens (including phenoxy) is 2. The van der Waals surface area contributed by atoms with Crippen molar-refractivity contribution in [3.8, 4) is 0 Å². The first-order valence-corrected chi connectivity index (χ1v) is 5.70. The monoisotopic (exact) mass is 254 g/mol. The summed E-state index contributed by atoms with van der Waals surface area (Å²) in [5.74, 6) is 0. The molecule has 1 fully saturated rings. The summed E-state index contributed by atoms with van der Waals surface area (Å²) in [6.07, 6.45) is 1.40. The van der Waals surface area contributed by atoms with E-state index >= 15 is 0 Å². The lowest BCUT2D eigenvalue weighted by Crippen LogP contribution is -2.27. The number of nitrogens with zero attached hydrogens (tertiary/aromatic N) is 4. The van der Waals surface area contributed by atoms with E-state index in [0.29, 0.717) is 41.8 Å². The minimum absolute atomic E-state index is 0.255. The van der Waals surface area contributed by atoms with Crippen molar-refractivity contribution in [2.45, 2.75) is 13.2 Å². The fraction of sp³-hybridized carbons (Fsp3) is 0.500.